The Kier molecular flexibility index (Phi) is 4.16. The number of rotatable bonds is 3. The van der Waals surface area contributed by atoms with E-state index >= 15 is 0 Å². The molecule has 1 aliphatic heterocycles. The Morgan fingerprint density at radius 1 is 1.17 bits per heavy atom. The minimum absolute atomic E-state index is 0.0895. The van der Waals surface area contributed by atoms with Crippen molar-refractivity contribution >= 4 is 11.8 Å². The van der Waals surface area contributed by atoms with E-state index < -0.39 is 0 Å². The standard InChI is InChI=1S/C17H24N4O2/c22-17(18-16-7-6-15(19-20-16)13-4-5-13)21-8-9-23-11-14(10-21)12-2-1-3-12/h6-7,12-14H,1-5,8-11H2,(H,18,20,22). The molecule has 3 aliphatic rings. The zero-order chi connectivity index (χ0) is 15.6. The summed E-state index contributed by atoms with van der Waals surface area (Å²) in [6.45, 7) is 2.82. The van der Waals surface area contributed by atoms with Crippen LogP contribution >= 0.6 is 0 Å². The Morgan fingerprint density at radius 3 is 2.70 bits per heavy atom. The number of hydrogen-bond acceptors (Lipinski definition) is 4. The number of carbonyl (C=O) groups is 1. The topological polar surface area (TPSA) is 67.4 Å². The number of amides is 2. The molecular formula is C17H24N4O2. The molecule has 1 aromatic rings. The highest BCUT2D eigenvalue weighted by Crippen LogP contribution is 2.38. The predicted octanol–water partition coefficient (Wildman–Crippen LogP) is 2.63. The molecule has 0 spiro atoms. The summed E-state index contributed by atoms with van der Waals surface area (Å²) in [7, 11) is 0. The minimum atomic E-state index is -0.0895. The van der Waals surface area contributed by atoms with E-state index in [-0.39, 0.29) is 6.03 Å². The largest absolute Gasteiger partial charge is 0.379 e. The van der Waals surface area contributed by atoms with Gasteiger partial charge in [0.1, 0.15) is 0 Å². The van der Waals surface area contributed by atoms with Gasteiger partial charge in [-0.3, -0.25) is 5.32 Å². The van der Waals surface area contributed by atoms with Gasteiger partial charge in [-0.25, -0.2) is 4.79 Å². The van der Waals surface area contributed by atoms with E-state index in [1.54, 1.807) is 0 Å². The number of ether oxygens (including phenoxy) is 1. The van der Waals surface area contributed by atoms with Crippen LogP contribution in [-0.4, -0.2) is 47.4 Å². The first-order chi connectivity index (χ1) is 11.3. The third kappa shape index (κ3) is 3.47. The maximum atomic E-state index is 12.5. The van der Waals surface area contributed by atoms with E-state index in [0.717, 1.165) is 24.8 Å². The van der Waals surface area contributed by atoms with Crippen molar-refractivity contribution < 1.29 is 9.53 Å². The number of aromatic nitrogens is 2. The van der Waals surface area contributed by atoms with Crippen LogP contribution in [-0.2, 0) is 4.74 Å². The minimum Gasteiger partial charge on any atom is -0.379 e. The molecular weight excluding hydrogens is 292 g/mol. The number of nitrogens with zero attached hydrogens (tertiary/aromatic N) is 3. The van der Waals surface area contributed by atoms with Gasteiger partial charge >= 0.3 is 6.03 Å². The maximum Gasteiger partial charge on any atom is 0.323 e. The molecule has 2 aliphatic carbocycles. The molecule has 1 aromatic heterocycles. The fourth-order valence-corrected chi connectivity index (χ4v) is 3.41. The first kappa shape index (κ1) is 14.9. The van der Waals surface area contributed by atoms with Crippen molar-refractivity contribution in [2.45, 2.75) is 38.0 Å². The van der Waals surface area contributed by atoms with E-state index in [2.05, 4.69) is 15.5 Å². The molecule has 0 aromatic carbocycles. The van der Waals surface area contributed by atoms with Crippen LogP contribution in [0.3, 0.4) is 0 Å². The highest BCUT2D eigenvalue weighted by atomic mass is 16.5. The number of anilines is 1. The highest BCUT2D eigenvalue weighted by molar-refractivity contribution is 5.88. The molecule has 3 fully saturated rings. The molecule has 0 radical (unpaired) electrons. The molecule has 0 bridgehead atoms. The van der Waals surface area contributed by atoms with Crippen LogP contribution in [0.1, 0.15) is 43.7 Å². The van der Waals surface area contributed by atoms with Crippen LogP contribution in [0, 0.1) is 11.8 Å². The van der Waals surface area contributed by atoms with Gasteiger partial charge in [-0.15, -0.1) is 5.10 Å². The van der Waals surface area contributed by atoms with Crippen molar-refractivity contribution in [3.8, 4) is 0 Å². The molecule has 1 atom stereocenters. The molecule has 2 saturated carbocycles. The van der Waals surface area contributed by atoms with Crippen molar-refractivity contribution in [3.63, 3.8) is 0 Å². The summed E-state index contributed by atoms with van der Waals surface area (Å²) in [4.78, 5) is 14.4. The summed E-state index contributed by atoms with van der Waals surface area (Å²) in [6.07, 6.45) is 6.28. The molecule has 1 saturated heterocycles. The summed E-state index contributed by atoms with van der Waals surface area (Å²) in [5.74, 6) is 2.31. The average Bonchev–Trinajstić information content (AvgIpc) is 3.33. The maximum absolute atomic E-state index is 12.5. The number of nitrogens with one attached hydrogen (secondary N) is 1. The van der Waals surface area contributed by atoms with Gasteiger partial charge in [-0.1, -0.05) is 19.3 Å². The summed E-state index contributed by atoms with van der Waals surface area (Å²) < 4.78 is 5.69. The lowest BCUT2D eigenvalue weighted by atomic mass is 9.76. The average molecular weight is 316 g/mol. The smallest absolute Gasteiger partial charge is 0.323 e. The fourth-order valence-electron chi connectivity index (χ4n) is 3.41. The Labute approximate surface area is 136 Å². The number of urea groups is 1. The van der Waals surface area contributed by atoms with Crippen molar-refractivity contribution in [2.24, 2.45) is 11.8 Å². The Hall–Kier alpha value is -1.69. The zero-order valence-corrected chi connectivity index (χ0v) is 13.4. The monoisotopic (exact) mass is 316 g/mol. The lowest BCUT2D eigenvalue weighted by Gasteiger charge is -2.34. The molecule has 2 amide bonds. The lowest BCUT2D eigenvalue weighted by Crippen LogP contribution is -2.41. The Bertz CT molecular complexity index is 554. The summed E-state index contributed by atoms with van der Waals surface area (Å²) in [5.41, 5.74) is 1.04. The molecule has 1 N–H and O–H groups in total. The number of hydrogen-bond donors (Lipinski definition) is 1. The van der Waals surface area contributed by atoms with Crippen LogP contribution in [0.15, 0.2) is 12.1 Å². The molecule has 23 heavy (non-hydrogen) atoms. The van der Waals surface area contributed by atoms with E-state index in [1.165, 1.54) is 32.1 Å². The van der Waals surface area contributed by atoms with Crippen molar-refractivity contribution in [3.05, 3.63) is 17.8 Å². The molecule has 2 heterocycles. The van der Waals surface area contributed by atoms with Gasteiger partial charge in [0.25, 0.3) is 0 Å². The van der Waals surface area contributed by atoms with Crippen LogP contribution in [0.25, 0.3) is 0 Å². The quantitative estimate of drug-likeness (QED) is 0.931. The van der Waals surface area contributed by atoms with Crippen molar-refractivity contribution in [2.75, 3.05) is 31.6 Å². The van der Waals surface area contributed by atoms with Gasteiger partial charge in [0.15, 0.2) is 5.82 Å². The zero-order valence-electron chi connectivity index (χ0n) is 13.4. The second kappa shape index (κ2) is 6.43. The van der Waals surface area contributed by atoms with Crippen LogP contribution < -0.4 is 5.32 Å². The molecule has 1 unspecified atom stereocenters. The third-order valence-corrected chi connectivity index (χ3v) is 5.31. The molecule has 124 valence electrons. The van der Waals surface area contributed by atoms with E-state index in [0.29, 0.717) is 30.8 Å². The van der Waals surface area contributed by atoms with Crippen molar-refractivity contribution in [1.82, 2.24) is 15.1 Å². The lowest BCUT2D eigenvalue weighted by molar-refractivity contribution is 0.0776. The van der Waals surface area contributed by atoms with Gasteiger partial charge in [0, 0.05) is 24.9 Å². The summed E-state index contributed by atoms with van der Waals surface area (Å²) in [5, 5.41) is 11.2. The second-order valence-electron chi connectivity index (χ2n) is 7.02. The molecule has 6 heteroatoms. The van der Waals surface area contributed by atoms with Crippen molar-refractivity contribution in [1.29, 1.82) is 0 Å². The van der Waals surface area contributed by atoms with Gasteiger partial charge in [-0.2, -0.15) is 5.10 Å². The third-order valence-electron chi connectivity index (χ3n) is 5.31. The summed E-state index contributed by atoms with van der Waals surface area (Å²) in [6, 6.07) is 3.74. The second-order valence-corrected chi connectivity index (χ2v) is 7.02. The fraction of sp³-hybridized carbons (Fsp3) is 0.706. The first-order valence-electron chi connectivity index (χ1n) is 8.77. The Morgan fingerprint density at radius 2 is 2.04 bits per heavy atom. The molecule has 4 rings (SSSR count). The van der Waals surface area contributed by atoms with Gasteiger partial charge in [-0.05, 0) is 30.9 Å². The number of carbonyl (C=O) groups excluding carboxylic acids is 1. The summed E-state index contributed by atoms with van der Waals surface area (Å²) >= 11 is 0. The van der Waals surface area contributed by atoms with E-state index in [9.17, 15) is 4.79 Å². The Balaban J connectivity index is 1.36. The SMILES string of the molecule is O=C(Nc1ccc(C2CC2)nn1)N1CCOCC(C2CCC2)C1. The first-order valence-corrected chi connectivity index (χ1v) is 8.77. The van der Waals surface area contributed by atoms with Gasteiger partial charge in [0.05, 0.1) is 18.9 Å². The van der Waals surface area contributed by atoms with E-state index in [4.69, 9.17) is 4.74 Å². The highest BCUT2D eigenvalue weighted by Gasteiger charge is 2.32. The molecule has 6 nitrogen and oxygen atoms in total. The van der Waals surface area contributed by atoms with Crippen LogP contribution in [0.5, 0.6) is 0 Å². The van der Waals surface area contributed by atoms with E-state index in [1.807, 2.05) is 17.0 Å². The van der Waals surface area contributed by atoms with Gasteiger partial charge < -0.3 is 9.64 Å². The predicted molar refractivity (Wildman–Crippen MR) is 86.2 cm³/mol. The van der Waals surface area contributed by atoms with Gasteiger partial charge in [0.2, 0.25) is 0 Å². The van der Waals surface area contributed by atoms with Crippen LogP contribution in [0.2, 0.25) is 0 Å². The van der Waals surface area contributed by atoms with Crippen LogP contribution in [0.4, 0.5) is 10.6 Å². The normalized spacial score (nSPS) is 25.6.